The normalized spacial score (nSPS) is 26.5. The van der Waals surface area contributed by atoms with E-state index < -0.39 is 35.0 Å². The second kappa shape index (κ2) is 13.4. The summed E-state index contributed by atoms with van der Waals surface area (Å²) in [6.07, 6.45) is 7.78. The summed E-state index contributed by atoms with van der Waals surface area (Å²) < 4.78 is 10.8. The number of phenolic OH excluding ortho intramolecular Hbond substituents is 1. The van der Waals surface area contributed by atoms with Crippen LogP contribution in [0, 0.1) is 29.6 Å². The molecule has 1 heterocycles. The third kappa shape index (κ3) is 5.34. The molecule has 53 heavy (non-hydrogen) atoms. The van der Waals surface area contributed by atoms with Gasteiger partial charge in [0.1, 0.15) is 0 Å². The Kier molecular flexibility index (Phi) is 8.66. The Hall–Kier alpha value is -5.73. The predicted molar refractivity (Wildman–Crippen MR) is 202 cm³/mol. The molecule has 2 amide bonds. The molecule has 8 rings (SSSR count). The van der Waals surface area contributed by atoms with Crippen LogP contribution in [-0.4, -0.2) is 42.7 Å². The molecule has 1 saturated carbocycles. The fraction of sp³-hybridized carbons (Fsp3) is 0.227. The number of halogens is 1. The number of fused-ring (bicyclic) bond motifs is 4. The number of hydrogen-bond donors (Lipinski definition) is 1. The van der Waals surface area contributed by atoms with Gasteiger partial charge in [-0.15, -0.1) is 0 Å². The minimum atomic E-state index is -1.35. The molecule has 2 fully saturated rings. The van der Waals surface area contributed by atoms with E-state index in [4.69, 9.17) is 21.1 Å². The number of anilines is 1. The monoisotopic (exact) mass is 725 g/mol. The summed E-state index contributed by atoms with van der Waals surface area (Å²) in [5.41, 5.74) is 2.24. The first-order valence-corrected chi connectivity index (χ1v) is 17.9. The number of carbonyl (C=O) groups is 4. The van der Waals surface area contributed by atoms with E-state index in [2.05, 4.69) is 0 Å². The number of Topliss-reactive ketones (excluding diaryl/α,β-unsaturated/α-hetero) is 1. The third-order valence-corrected chi connectivity index (χ3v) is 11.8. The number of phenols is 1. The molecule has 4 aromatic rings. The summed E-state index contributed by atoms with van der Waals surface area (Å²) in [6.45, 7) is 0. The maximum Gasteiger partial charge on any atom is 0.238 e. The van der Waals surface area contributed by atoms with Gasteiger partial charge in [0.15, 0.2) is 23.1 Å². The standard InChI is InChI=1S/C44H36ClNO7/c1-52-36-21-25(22-37(53-2)41(36)49)13-20-34-30-18-19-31-39(43(51)46(42(31)50)29-16-14-28(45)15-17-29)33(30)23-35-40(48)32(26-9-5-3-6-10-26)24-38(47)44(34,35)27-11-7-4-8-12-27/h3-18,20-22,24,31,33-35,39,49H,19,23H2,1-2H3. The molecule has 6 unspecified atom stereocenters. The topological polar surface area (TPSA) is 110 Å². The maximum atomic E-state index is 15.1. The number of carbonyl (C=O) groups excluding carboxylic acids is 4. The second-order valence-electron chi connectivity index (χ2n) is 14.0. The van der Waals surface area contributed by atoms with Gasteiger partial charge in [-0.25, -0.2) is 0 Å². The van der Waals surface area contributed by atoms with E-state index >= 15 is 9.59 Å². The van der Waals surface area contributed by atoms with Gasteiger partial charge < -0.3 is 14.6 Å². The lowest BCUT2D eigenvalue weighted by Crippen LogP contribution is -2.59. The lowest BCUT2D eigenvalue weighted by molar-refractivity contribution is -0.135. The number of allylic oxidation sites excluding steroid dienone is 5. The van der Waals surface area contributed by atoms with E-state index in [-0.39, 0.29) is 47.1 Å². The maximum absolute atomic E-state index is 15.1. The number of rotatable bonds is 7. The van der Waals surface area contributed by atoms with Gasteiger partial charge in [0.2, 0.25) is 17.6 Å². The first kappa shape index (κ1) is 34.4. The Balaban J connectivity index is 1.33. The van der Waals surface area contributed by atoms with E-state index in [0.717, 1.165) is 5.57 Å². The average molecular weight is 726 g/mol. The zero-order valence-corrected chi connectivity index (χ0v) is 29.8. The van der Waals surface area contributed by atoms with E-state index in [9.17, 15) is 14.7 Å². The van der Waals surface area contributed by atoms with Crippen LogP contribution in [0.2, 0.25) is 5.02 Å². The fourth-order valence-corrected chi connectivity index (χ4v) is 9.31. The van der Waals surface area contributed by atoms with Gasteiger partial charge in [0.05, 0.1) is 37.2 Å². The molecule has 0 bridgehead atoms. The van der Waals surface area contributed by atoms with Crippen molar-refractivity contribution in [3.05, 3.63) is 143 Å². The molecule has 3 aliphatic carbocycles. The smallest absolute Gasteiger partial charge is 0.238 e. The Bertz CT molecular complexity index is 2220. The van der Waals surface area contributed by atoms with Gasteiger partial charge in [0.25, 0.3) is 0 Å². The van der Waals surface area contributed by atoms with Gasteiger partial charge in [-0.3, -0.25) is 24.1 Å². The Morgan fingerprint density at radius 2 is 1.47 bits per heavy atom. The number of methoxy groups -OCH3 is 2. The molecular formula is C44H36ClNO7. The number of ether oxygens (including phenoxy) is 2. The number of aromatic hydroxyl groups is 1. The number of ketones is 2. The summed E-state index contributed by atoms with van der Waals surface area (Å²) in [4.78, 5) is 60.0. The zero-order valence-electron chi connectivity index (χ0n) is 29.1. The largest absolute Gasteiger partial charge is 0.502 e. The summed E-state index contributed by atoms with van der Waals surface area (Å²) in [5, 5.41) is 11.1. The molecule has 6 atom stereocenters. The van der Waals surface area contributed by atoms with Crippen molar-refractivity contribution >= 4 is 52.3 Å². The molecule has 8 nitrogen and oxygen atoms in total. The zero-order chi connectivity index (χ0) is 37.0. The molecule has 1 saturated heterocycles. The number of hydrogen-bond acceptors (Lipinski definition) is 7. The minimum Gasteiger partial charge on any atom is -0.502 e. The number of amides is 2. The van der Waals surface area contributed by atoms with Gasteiger partial charge in [-0.05, 0) is 77.9 Å². The van der Waals surface area contributed by atoms with Crippen LogP contribution in [0.1, 0.15) is 29.5 Å². The molecular weight excluding hydrogens is 690 g/mol. The van der Waals surface area contributed by atoms with Gasteiger partial charge in [-0.2, -0.15) is 0 Å². The lowest BCUT2D eigenvalue weighted by atomic mass is 9.45. The van der Waals surface area contributed by atoms with Crippen molar-refractivity contribution in [1.82, 2.24) is 0 Å². The number of benzene rings is 4. The lowest BCUT2D eigenvalue weighted by Gasteiger charge is -2.54. The van der Waals surface area contributed by atoms with Crippen molar-refractivity contribution in [2.24, 2.45) is 29.6 Å². The van der Waals surface area contributed by atoms with Crippen LogP contribution < -0.4 is 14.4 Å². The molecule has 9 heteroatoms. The molecule has 0 spiro atoms. The van der Waals surface area contributed by atoms with Crippen molar-refractivity contribution in [2.75, 3.05) is 19.1 Å². The molecule has 1 aliphatic heterocycles. The van der Waals surface area contributed by atoms with Crippen LogP contribution in [0.4, 0.5) is 5.69 Å². The summed E-state index contributed by atoms with van der Waals surface area (Å²) >= 11 is 6.15. The SMILES string of the molecule is COc1cc(C=CC2C3=CCC4C(=O)N(c5ccc(Cl)cc5)C(=O)C4C3CC3C(=O)C(c4ccccc4)=CC(=O)C23c2ccccc2)cc(OC)c1O. The third-order valence-electron chi connectivity index (χ3n) is 11.5. The molecule has 4 aliphatic rings. The summed E-state index contributed by atoms with van der Waals surface area (Å²) in [7, 11) is 2.89. The number of imide groups is 1. The highest BCUT2D eigenvalue weighted by Crippen LogP contribution is 2.61. The molecule has 266 valence electrons. The van der Waals surface area contributed by atoms with Crippen molar-refractivity contribution in [1.29, 1.82) is 0 Å². The van der Waals surface area contributed by atoms with Crippen molar-refractivity contribution < 1.29 is 33.8 Å². The first-order chi connectivity index (χ1) is 25.7. The second-order valence-corrected chi connectivity index (χ2v) is 14.4. The molecule has 0 aromatic heterocycles. The van der Waals surface area contributed by atoms with Crippen LogP contribution in [0.3, 0.4) is 0 Å². The Labute approximate surface area is 312 Å². The quantitative estimate of drug-likeness (QED) is 0.154. The fourth-order valence-electron chi connectivity index (χ4n) is 9.18. The van der Waals surface area contributed by atoms with Crippen molar-refractivity contribution in [3.8, 4) is 17.2 Å². The van der Waals surface area contributed by atoms with E-state index in [1.165, 1.54) is 25.2 Å². The van der Waals surface area contributed by atoms with E-state index in [0.29, 0.717) is 39.4 Å². The predicted octanol–water partition coefficient (Wildman–Crippen LogP) is 7.64. The van der Waals surface area contributed by atoms with Crippen LogP contribution in [0.5, 0.6) is 17.2 Å². The van der Waals surface area contributed by atoms with Gasteiger partial charge in [-0.1, -0.05) is 96.1 Å². The highest BCUT2D eigenvalue weighted by Gasteiger charge is 2.65. The molecule has 1 N–H and O–H groups in total. The van der Waals surface area contributed by atoms with Gasteiger partial charge >= 0.3 is 0 Å². The summed E-state index contributed by atoms with van der Waals surface area (Å²) in [6, 6.07) is 28.5. The number of nitrogens with zero attached hydrogens (tertiary/aromatic N) is 1. The van der Waals surface area contributed by atoms with Crippen LogP contribution >= 0.6 is 11.6 Å². The Morgan fingerprint density at radius 1 is 0.830 bits per heavy atom. The molecule has 4 aromatic carbocycles. The molecule has 0 radical (unpaired) electrons. The van der Waals surface area contributed by atoms with E-state index in [1.54, 1.807) is 36.4 Å². The van der Waals surface area contributed by atoms with E-state index in [1.807, 2.05) is 78.9 Å². The minimum absolute atomic E-state index is 0.145. The summed E-state index contributed by atoms with van der Waals surface area (Å²) in [5.74, 6) is -4.13. The van der Waals surface area contributed by atoms with Crippen LogP contribution in [0.15, 0.2) is 121 Å². The average Bonchev–Trinajstić information content (AvgIpc) is 3.44. The van der Waals surface area contributed by atoms with Crippen molar-refractivity contribution in [2.45, 2.75) is 18.3 Å². The van der Waals surface area contributed by atoms with Crippen LogP contribution in [0.25, 0.3) is 11.6 Å². The van der Waals surface area contributed by atoms with Crippen molar-refractivity contribution in [3.63, 3.8) is 0 Å². The van der Waals surface area contributed by atoms with Crippen LogP contribution in [-0.2, 0) is 24.6 Å². The van der Waals surface area contributed by atoms with Gasteiger partial charge in [0, 0.05) is 22.4 Å². The highest BCUT2D eigenvalue weighted by molar-refractivity contribution is 6.32. The highest BCUT2D eigenvalue weighted by atomic mass is 35.5. The first-order valence-electron chi connectivity index (χ1n) is 17.6. The Morgan fingerprint density at radius 3 is 2.11 bits per heavy atom.